The predicted octanol–water partition coefficient (Wildman–Crippen LogP) is 14.3. The fourth-order valence-electron chi connectivity index (χ4n) is 14.6. The van der Waals surface area contributed by atoms with Gasteiger partial charge in [-0.2, -0.15) is 0 Å². The zero-order chi connectivity index (χ0) is 72.5. The minimum atomic E-state index is -1.98. The Morgan fingerprint density at radius 2 is 0.620 bits per heavy atom. The molecule has 19 nitrogen and oxygen atoms in total. The van der Waals surface area contributed by atoms with Crippen molar-refractivity contribution in [1.29, 1.82) is 0 Å². The second-order valence-corrected chi connectivity index (χ2v) is 30.3. The Bertz CT molecular complexity index is 1850. The molecule has 3 fully saturated rings. The molecule has 0 bridgehead atoms. The molecule has 592 valence electrons. The minimum absolute atomic E-state index is 0.250. The lowest BCUT2D eigenvalue weighted by Crippen LogP contribution is -2.66. The van der Waals surface area contributed by atoms with Gasteiger partial charge in [-0.25, -0.2) is 0 Å². The monoisotopic (exact) mass is 1430 g/mol. The molecule has 19 heteroatoms. The van der Waals surface area contributed by atoms with Crippen LogP contribution in [0.5, 0.6) is 0 Å². The van der Waals surface area contributed by atoms with Crippen molar-refractivity contribution in [3.63, 3.8) is 0 Å². The maximum absolute atomic E-state index is 13.5. The summed E-state index contributed by atoms with van der Waals surface area (Å²) < 4.78 is 34.5. The van der Waals surface area contributed by atoms with Gasteiger partial charge in [0, 0.05) is 6.42 Å². The van der Waals surface area contributed by atoms with Gasteiger partial charge in [-0.1, -0.05) is 353 Å². The molecule has 0 aromatic rings. The number of amides is 1. The molecule has 0 spiro atoms. The summed E-state index contributed by atoms with van der Waals surface area (Å²) in [5.41, 5.74) is 0. The van der Waals surface area contributed by atoms with Crippen molar-refractivity contribution in [3.8, 4) is 0 Å². The maximum Gasteiger partial charge on any atom is 0.220 e. The van der Waals surface area contributed by atoms with Gasteiger partial charge in [0.05, 0.1) is 38.6 Å². The summed E-state index contributed by atoms with van der Waals surface area (Å²) in [6.07, 6.45) is 47.8. The van der Waals surface area contributed by atoms with E-state index in [0.29, 0.717) is 6.42 Å². The van der Waals surface area contributed by atoms with Gasteiger partial charge in [0.15, 0.2) is 18.9 Å². The summed E-state index contributed by atoms with van der Waals surface area (Å²) in [6.45, 7) is 1.81. The number of rotatable bonds is 68. The van der Waals surface area contributed by atoms with Gasteiger partial charge in [-0.15, -0.1) is 0 Å². The van der Waals surface area contributed by atoms with E-state index >= 15 is 0 Å². The molecule has 1 amide bonds. The Labute approximate surface area is 607 Å². The first-order valence-electron chi connectivity index (χ1n) is 41.9. The van der Waals surface area contributed by atoms with E-state index in [4.69, 9.17) is 28.4 Å². The summed E-state index contributed by atoms with van der Waals surface area (Å²) in [5, 5.41) is 121. The minimum Gasteiger partial charge on any atom is -0.394 e. The summed E-state index contributed by atoms with van der Waals surface area (Å²) in [5.74, 6) is -0.266. The fraction of sp³-hybridized carbons (Fsp3) is 0.963. The third-order valence-corrected chi connectivity index (χ3v) is 21.3. The van der Waals surface area contributed by atoms with Gasteiger partial charge in [0.2, 0.25) is 5.91 Å². The average Bonchev–Trinajstić information content (AvgIpc) is 0.783. The molecule has 0 radical (unpaired) electrons. The molecule has 3 heterocycles. The zero-order valence-electron chi connectivity index (χ0n) is 63.5. The quantitative estimate of drug-likeness (QED) is 0.0199. The maximum atomic E-state index is 13.5. The highest BCUT2D eigenvalue weighted by Crippen LogP contribution is 2.33. The predicted molar refractivity (Wildman–Crippen MR) is 397 cm³/mol. The highest BCUT2D eigenvalue weighted by Gasteiger charge is 2.54. The number of nitrogens with one attached hydrogen (secondary N) is 1. The summed E-state index contributed by atoms with van der Waals surface area (Å²) in [4.78, 5) is 13.5. The average molecular weight is 1430 g/mol. The van der Waals surface area contributed by atoms with Crippen LogP contribution in [-0.2, 0) is 33.2 Å². The Morgan fingerprint density at radius 3 is 0.940 bits per heavy atom. The van der Waals surface area contributed by atoms with Crippen LogP contribution in [0.2, 0.25) is 0 Å². The van der Waals surface area contributed by atoms with Gasteiger partial charge in [-0.05, 0) is 19.3 Å². The number of hydrogen-bond donors (Lipinski definition) is 12. The van der Waals surface area contributed by atoms with Gasteiger partial charge < -0.3 is 89.9 Å². The number of unbranched alkanes of at least 4 members (excludes halogenated alkanes) is 52. The lowest BCUT2D eigenvalue weighted by molar-refractivity contribution is -0.379. The van der Waals surface area contributed by atoms with Crippen molar-refractivity contribution >= 4 is 5.91 Å². The molecule has 17 atom stereocenters. The number of carbonyl (C=O) groups is 1. The van der Waals surface area contributed by atoms with E-state index < -0.39 is 124 Å². The van der Waals surface area contributed by atoms with E-state index in [2.05, 4.69) is 19.2 Å². The standard InChI is InChI=1S/C81H155NO18/c1-3-5-7-9-11-13-15-17-19-21-23-25-27-29-30-31-32-33-35-36-38-40-42-44-46-48-50-52-54-56-58-65(86)64(82-69(87)59-57-55-53-51-49-47-45-43-41-39-37-34-28-26-24-22-20-18-16-14-12-10-8-6-4-2)63-95-79-75(93)72(90)77(67(61-84)97-79)100-81-76(94)73(91)78(68(62-85)98-81)99-80-74(92)71(89)70(88)66(60-83)96-80/h56,58,64-68,70-81,83-86,88-94H,3-55,57,59-63H2,1-2H3,(H,82,87)/b58-56+. The van der Waals surface area contributed by atoms with Crippen LogP contribution >= 0.6 is 0 Å². The van der Waals surface area contributed by atoms with E-state index in [1.165, 1.54) is 295 Å². The Kier molecular flexibility index (Phi) is 58.0. The first kappa shape index (κ1) is 92.7. The number of allylic oxidation sites excluding steroid dienone is 1. The molecule has 0 aromatic carbocycles. The van der Waals surface area contributed by atoms with Gasteiger partial charge in [0.25, 0.3) is 0 Å². The van der Waals surface area contributed by atoms with Crippen LogP contribution in [0.3, 0.4) is 0 Å². The third kappa shape index (κ3) is 42.2. The molecule has 3 saturated heterocycles. The molecule has 0 saturated carbocycles. The molecular formula is C81H155NO18. The number of aliphatic hydroxyl groups excluding tert-OH is 11. The zero-order valence-corrected chi connectivity index (χ0v) is 63.5. The van der Waals surface area contributed by atoms with Crippen LogP contribution in [0.1, 0.15) is 367 Å². The fourth-order valence-corrected chi connectivity index (χ4v) is 14.6. The van der Waals surface area contributed by atoms with Crippen molar-refractivity contribution < 1.29 is 89.4 Å². The molecule has 0 aromatic heterocycles. The molecule has 3 rings (SSSR count). The summed E-state index contributed by atoms with van der Waals surface area (Å²) >= 11 is 0. The largest absolute Gasteiger partial charge is 0.394 e. The van der Waals surface area contributed by atoms with E-state index in [1.54, 1.807) is 6.08 Å². The number of carbonyl (C=O) groups excluding carboxylic acids is 1. The number of aliphatic hydroxyl groups is 11. The summed E-state index contributed by atoms with van der Waals surface area (Å²) in [6, 6.07) is -0.970. The third-order valence-electron chi connectivity index (χ3n) is 21.3. The van der Waals surface area contributed by atoms with Crippen LogP contribution in [0.25, 0.3) is 0 Å². The van der Waals surface area contributed by atoms with Crippen molar-refractivity contribution in [1.82, 2.24) is 5.32 Å². The summed E-state index contributed by atoms with van der Waals surface area (Å²) in [7, 11) is 0. The van der Waals surface area contributed by atoms with Gasteiger partial charge >= 0.3 is 0 Å². The number of ether oxygens (including phenoxy) is 6. The lowest BCUT2D eigenvalue weighted by Gasteiger charge is -2.48. The van der Waals surface area contributed by atoms with Crippen molar-refractivity contribution in [2.24, 2.45) is 0 Å². The molecule has 100 heavy (non-hydrogen) atoms. The van der Waals surface area contributed by atoms with Crippen LogP contribution < -0.4 is 5.32 Å². The lowest BCUT2D eigenvalue weighted by atomic mass is 9.96. The second kappa shape index (κ2) is 62.6. The van der Waals surface area contributed by atoms with E-state index in [-0.39, 0.29) is 18.9 Å². The molecule has 3 aliphatic rings. The van der Waals surface area contributed by atoms with Crippen LogP contribution in [0.4, 0.5) is 0 Å². The second-order valence-electron chi connectivity index (χ2n) is 30.3. The van der Waals surface area contributed by atoms with Crippen molar-refractivity contribution in [2.75, 3.05) is 26.4 Å². The van der Waals surface area contributed by atoms with E-state index in [0.717, 1.165) is 44.9 Å². The highest BCUT2D eigenvalue weighted by atomic mass is 16.8. The molecule has 17 unspecified atom stereocenters. The van der Waals surface area contributed by atoms with Crippen molar-refractivity contribution in [2.45, 2.75) is 471 Å². The first-order valence-corrected chi connectivity index (χ1v) is 41.9. The first-order chi connectivity index (χ1) is 48.8. The van der Waals surface area contributed by atoms with E-state index in [9.17, 15) is 61.0 Å². The normalized spacial score (nSPS) is 26.4. The van der Waals surface area contributed by atoms with Gasteiger partial charge in [-0.3, -0.25) is 4.79 Å². The molecule has 3 aliphatic heterocycles. The van der Waals surface area contributed by atoms with Gasteiger partial charge in [0.1, 0.15) is 73.2 Å². The van der Waals surface area contributed by atoms with Crippen LogP contribution in [-0.4, -0.2) is 193 Å². The highest BCUT2D eigenvalue weighted by molar-refractivity contribution is 5.76. The Balaban J connectivity index is 1.36. The topological polar surface area (TPSA) is 307 Å². The van der Waals surface area contributed by atoms with Crippen molar-refractivity contribution in [3.05, 3.63) is 12.2 Å². The molecule has 12 N–H and O–H groups in total. The smallest absolute Gasteiger partial charge is 0.220 e. The van der Waals surface area contributed by atoms with Crippen LogP contribution in [0, 0.1) is 0 Å². The van der Waals surface area contributed by atoms with E-state index in [1.807, 2.05) is 6.08 Å². The molecular weight excluding hydrogens is 1270 g/mol. The Morgan fingerprint density at radius 1 is 0.350 bits per heavy atom. The SMILES string of the molecule is CCCCCCCCCCCCCCCCCCCCCCCCCCCCCC/C=C/C(O)C(COC1OC(CO)C(OC2OC(CO)C(OC3OC(CO)C(O)C(O)C3O)C(O)C2O)C(O)C1O)NC(=O)CCCCCCCCCCCCCCCCCCCCCCCCCCC. The number of hydrogen-bond acceptors (Lipinski definition) is 18. The molecule has 0 aliphatic carbocycles. The van der Waals surface area contributed by atoms with Crippen LogP contribution in [0.15, 0.2) is 12.2 Å². The Hall–Kier alpha value is -1.47.